The highest BCUT2D eigenvalue weighted by molar-refractivity contribution is 9.10. The van der Waals surface area contributed by atoms with Gasteiger partial charge >= 0.3 is 0 Å². The predicted molar refractivity (Wildman–Crippen MR) is 85.3 cm³/mol. The van der Waals surface area contributed by atoms with Crippen molar-refractivity contribution in [2.24, 2.45) is 0 Å². The van der Waals surface area contributed by atoms with Gasteiger partial charge in [-0.25, -0.2) is 0 Å². The van der Waals surface area contributed by atoms with Gasteiger partial charge in [-0.3, -0.25) is 0 Å². The van der Waals surface area contributed by atoms with E-state index >= 15 is 0 Å². The molecule has 0 saturated heterocycles. The maximum atomic E-state index is 3.55. The first-order chi connectivity index (χ1) is 9.08. The van der Waals surface area contributed by atoms with E-state index in [-0.39, 0.29) is 5.41 Å². The lowest BCUT2D eigenvalue weighted by Gasteiger charge is -2.25. The van der Waals surface area contributed by atoms with Crippen LogP contribution in [0.4, 0.5) is 0 Å². The minimum atomic E-state index is 0.146. The average Bonchev–Trinajstić information content (AvgIpc) is 2.40. The maximum Gasteiger partial charge on any atom is 0.0206 e. The van der Waals surface area contributed by atoms with E-state index in [1.807, 2.05) is 0 Å². The second kappa shape index (κ2) is 6.36. The highest BCUT2D eigenvalue weighted by Crippen LogP contribution is 2.22. The van der Waals surface area contributed by atoms with Crippen molar-refractivity contribution in [3.05, 3.63) is 70.2 Å². The van der Waals surface area contributed by atoms with Crippen LogP contribution < -0.4 is 5.32 Å². The Hall–Kier alpha value is -1.12. The van der Waals surface area contributed by atoms with Gasteiger partial charge in [-0.15, -0.1) is 0 Å². The second-order valence-corrected chi connectivity index (χ2v) is 6.40. The molecule has 0 saturated carbocycles. The zero-order valence-corrected chi connectivity index (χ0v) is 13.1. The summed E-state index contributed by atoms with van der Waals surface area (Å²) in [6.07, 6.45) is 0. The van der Waals surface area contributed by atoms with E-state index in [9.17, 15) is 0 Å². The quantitative estimate of drug-likeness (QED) is 0.855. The summed E-state index contributed by atoms with van der Waals surface area (Å²) in [5.41, 5.74) is 2.82. The fourth-order valence-corrected chi connectivity index (χ4v) is 2.60. The summed E-state index contributed by atoms with van der Waals surface area (Å²) in [4.78, 5) is 0. The Morgan fingerprint density at radius 2 is 1.74 bits per heavy atom. The molecule has 0 fully saturated rings. The van der Waals surface area contributed by atoms with Crippen LogP contribution in [0.2, 0.25) is 0 Å². The minimum Gasteiger partial charge on any atom is -0.312 e. The van der Waals surface area contributed by atoms with Crippen molar-refractivity contribution in [2.45, 2.75) is 25.8 Å². The SMILES string of the molecule is CC(C)(CNCc1cccc(Br)c1)c1ccccc1. The van der Waals surface area contributed by atoms with Crippen molar-refractivity contribution >= 4 is 15.9 Å². The number of hydrogen-bond donors (Lipinski definition) is 1. The Labute approximate surface area is 124 Å². The first kappa shape index (κ1) is 14.3. The van der Waals surface area contributed by atoms with Crippen molar-refractivity contribution in [1.82, 2.24) is 5.32 Å². The van der Waals surface area contributed by atoms with Crippen LogP contribution in [0.1, 0.15) is 25.0 Å². The first-order valence-electron chi connectivity index (χ1n) is 6.59. The molecule has 2 rings (SSSR count). The second-order valence-electron chi connectivity index (χ2n) is 5.48. The van der Waals surface area contributed by atoms with Gasteiger partial charge in [0.2, 0.25) is 0 Å². The normalized spacial score (nSPS) is 11.5. The van der Waals surface area contributed by atoms with Gasteiger partial charge in [-0.05, 0) is 23.3 Å². The van der Waals surface area contributed by atoms with Crippen LogP contribution in [0, 0.1) is 0 Å². The van der Waals surface area contributed by atoms with Crippen LogP contribution >= 0.6 is 15.9 Å². The molecule has 0 aliphatic heterocycles. The molecule has 0 heterocycles. The molecule has 0 atom stereocenters. The third kappa shape index (κ3) is 4.19. The van der Waals surface area contributed by atoms with Crippen LogP contribution in [-0.4, -0.2) is 6.54 Å². The molecule has 0 aliphatic rings. The van der Waals surface area contributed by atoms with Crippen molar-refractivity contribution in [3.63, 3.8) is 0 Å². The van der Waals surface area contributed by atoms with Gasteiger partial charge in [-0.2, -0.15) is 0 Å². The summed E-state index contributed by atoms with van der Waals surface area (Å²) in [6, 6.07) is 19.1. The lowest BCUT2D eigenvalue weighted by atomic mass is 9.84. The van der Waals surface area contributed by atoms with Gasteiger partial charge in [0, 0.05) is 23.0 Å². The van der Waals surface area contributed by atoms with Crippen LogP contribution in [-0.2, 0) is 12.0 Å². The van der Waals surface area contributed by atoms with Crippen molar-refractivity contribution < 1.29 is 0 Å². The molecular weight excluding hydrogens is 298 g/mol. The van der Waals surface area contributed by atoms with Crippen molar-refractivity contribution in [1.29, 1.82) is 0 Å². The first-order valence-corrected chi connectivity index (χ1v) is 7.38. The molecular formula is C17H20BrN. The molecule has 0 aliphatic carbocycles. The number of halogens is 1. The summed E-state index contributed by atoms with van der Waals surface area (Å²) in [7, 11) is 0. The predicted octanol–water partition coefficient (Wildman–Crippen LogP) is 4.52. The highest BCUT2D eigenvalue weighted by atomic mass is 79.9. The number of rotatable bonds is 5. The Morgan fingerprint density at radius 3 is 2.42 bits per heavy atom. The van der Waals surface area contributed by atoms with Gasteiger partial charge in [0.1, 0.15) is 0 Å². The third-order valence-corrected chi connectivity index (χ3v) is 3.83. The third-order valence-electron chi connectivity index (χ3n) is 3.34. The number of benzene rings is 2. The molecule has 0 unspecified atom stereocenters. The van der Waals surface area contributed by atoms with E-state index in [4.69, 9.17) is 0 Å². The molecule has 2 aromatic carbocycles. The molecule has 2 heteroatoms. The Kier molecular flexibility index (Phi) is 4.78. The average molecular weight is 318 g/mol. The van der Waals surface area contributed by atoms with Crippen molar-refractivity contribution in [2.75, 3.05) is 6.54 Å². The Balaban J connectivity index is 1.92. The molecule has 0 bridgehead atoms. The molecule has 1 N–H and O–H groups in total. The topological polar surface area (TPSA) is 12.0 Å². The van der Waals surface area contributed by atoms with Crippen LogP contribution in [0.25, 0.3) is 0 Å². The monoisotopic (exact) mass is 317 g/mol. The lowest BCUT2D eigenvalue weighted by molar-refractivity contribution is 0.469. The minimum absolute atomic E-state index is 0.146. The van der Waals surface area contributed by atoms with Crippen LogP contribution in [0.15, 0.2) is 59.1 Å². The van der Waals surface area contributed by atoms with E-state index in [2.05, 4.69) is 89.7 Å². The van der Waals surface area contributed by atoms with E-state index in [1.165, 1.54) is 11.1 Å². The Morgan fingerprint density at radius 1 is 1.00 bits per heavy atom. The molecule has 0 radical (unpaired) electrons. The summed E-state index contributed by atoms with van der Waals surface area (Å²) in [5, 5.41) is 3.55. The largest absolute Gasteiger partial charge is 0.312 e. The summed E-state index contributed by atoms with van der Waals surface area (Å²) in [5.74, 6) is 0. The fraction of sp³-hybridized carbons (Fsp3) is 0.294. The van der Waals surface area contributed by atoms with Gasteiger partial charge in [0.05, 0.1) is 0 Å². The Bertz CT molecular complexity index is 520. The molecule has 19 heavy (non-hydrogen) atoms. The molecule has 0 aromatic heterocycles. The summed E-state index contributed by atoms with van der Waals surface area (Å²) >= 11 is 3.50. The summed E-state index contributed by atoms with van der Waals surface area (Å²) in [6.45, 7) is 6.41. The van der Waals surface area contributed by atoms with E-state index in [1.54, 1.807) is 0 Å². The van der Waals surface area contributed by atoms with E-state index in [0.29, 0.717) is 0 Å². The lowest BCUT2D eigenvalue weighted by Crippen LogP contribution is -2.32. The fourth-order valence-electron chi connectivity index (χ4n) is 2.16. The number of hydrogen-bond acceptors (Lipinski definition) is 1. The summed E-state index contributed by atoms with van der Waals surface area (Å²) < 4.78 is 1.13. The zero-order valence-electron chi connectivity index (χ0n) is 11.5. The molecule has 0 spiro atoms. The van der Waals surface area contributed by atoms with Crippen LogP contribution in [0.5, 0.6) is 0 Å². The molecule has 2 aromatic rings. The van der Waals surface area contributed by atoms with Crippen LogP contribution in [0.3, 0.4) is 0 Å². The van der Waals surface area contributed by atoms with Crippen molar-refractivity contribution in [3.8, 4) is 0 Å². The molecule has 100 valence electrons. The van der Waals surface area contributed by atoms with Gasteiger partial charge in [0.25, 0.3) is 0 Å². The highest BCUT2D eigenvalue weighted by Gasteiger charge is 2.19. The van der Waals surface area contributed by atoms with E-state index in [0.717, 1.165) is 17.6 Å². The van der Waals surface area contributed by atoms with Gasteiger partial charge in [-0.1, -0.05) is 72.2 Å². The standard InChI is InChI=1S/C17H20BrN/c1-17(2,15-8-4-3-5-9-15)13-19-12-14-7-6-10-16(18)11-14/h3-11,19H,12-13H2,1-2H3. The van der Waals surface area contributed by atoms with E-state index < -0.39 is 0 Å². The smallest absolute Gasteiger partial charge is 0.0206 e. The molecule has 0 amide bonds. The zero-order chi connectivity index (χ0) is 13.7. The van der Waals surface area contributed by atoms with Gasteiger partial charge in [0.15, 0.2) is 0 Å². The number of nitrogens with one attached hydrogen (secondary N) is 1. The molecule has 1 nitrogen and oxygen atoms in total. The van der Waals surface area contributed by atoms with Gasteiger partial charge < -0.3 is 5.32 Å². The maximum absolute atomic E-state index is 3.55.